The van der Waals surface area contributed by atoms with E-state index in [1.54, 1.807) is 0 Å². The molecule has 1 unspecified atom stereocenters. The number of hydrogen-bond donors (Lipinski definition) is 0. The first-order chi connectivity index (χ1) is 15.5. The molecule has 0 saturated carbocycles. The number of nitrogens with zero attached hydrogens (tertiary/aromatic N) is 5. The van der Waals surface area contributed by atoms with Gasteiger partial charge in [0.05, 0.1) is 25.4 Å². The van der Waals surface area contributed by atoms with Gasteiger partial charge in [-0.3, -0.25) is 9.47 Å². The summed E-state index contributed by atoms with van der Waals surface area (Å²) in [6.07, 6.45) is 0.0142. The Bertz CT molecular complexity index is 1070. The lowest BCUT2D eigenvalue weighted by Gasteiger charge is -2.38. The molecule has 2 aliphatic heterocycles. The SMILES string of the molecule is Cc1nnc(N2CCOC(c3cccc4ccccc34)C2)n1CCN1CCOC(C)(C)C1. The van der Waals surface area contributed by atoms with E-state index in [9.17, 15) is 0 Å². The van der Waals surface area contributed by atoms with Crippen molar-refractivity contribution in [1.29, 1.82) is 0 Å². The first-order valence-corrected chi connectivity index (χ1v) is 11.6. The zero-order valence-corrected chi connectivity index (χ0v) is 19.3. The second-order valence-electron chi connectivity index (χ2n) is 9.46. The van der Waals surface area contributed by atoms with E-state index in [1.807, 2.05) is 6.92 Å². The molecular formula is C25H33N5O2. The van der Waals surface area contributed by atoms with Gasteiger partial charge in [-0.05, 0) is 37.1 Å². The van der Waals surface area contributed by atoms with Crippen molar-refractivity contribution in [3.8, 4) is 0 Å². The molecule has 32 heavy (non-hydrogen) atoms. The number of morpholine rings is 2. The fourth-order valence-electron chi connectivity index (χ4n) is 4.96. The maximum absolute atomic E-state index is 6.23. The van der Waals surface area contributed by atoms with E-state index in [1.165, 1.54) is 16.3 Å². The van der Waals surface area contributed by atoms with Gasteiger partial charge in [0.25, 0.3) is 0 Å². The van der Waals surface area contributed by atoms with Crippen molar-refractivity contribution in [2.24, 2.45) is 0 Å². The smallest absolute Gasteiger partial charge is 0.227 e. The largest absolute Gasteiger partial charge is 0.373 e. The third kappa shape index (κ3) is 4.37. The van der Waals surface area contributed by atoms with Gasteiger partial charge >= 0.3 is 0 Å². The van der Waals surface area contributed by atoms with Gasteiger partial charge in [-0.25, -0.2) is 0 Å². The van der Waals surface area contributed by atoms with Crippen LogP contribution in [0, 0.1) is 6.92 Å². The van der Waals surface area contributed by atoms with Gasteiger partial charge in [0.1, 0.15) is 11.9 Å². The predicted molar refractivity (Wildman–Crippen MR) is 126 cm³/mol. The first-order valence-electron chi connectivity index (χ1n) is 11.6. The first kappa shape index (κ1) is 21.4. The zero-order chi connectivity index (χ0) is 22.1. The standard InChI is InChI=1S/C25H33N5O2/c1-19-26-27-24(30(19)12-11-28-13-16-32-25(2,3)18-28)29-14-15-31-23(17-29)22-10-6-8-20-7-4-5-9-21(20)22/h4-10,23H,11-18H2,1-3H3. The summed E-state index contributed by atoms with van der Waals surface area (Å²) in [5, 5.41) is 11.5. The Morgan fingerprint density at radius 2 is 1.84 bits per heavy atom. The molecule has 2 fully saturated rings. The highest BCUT2D eigenvalue weighted by molar-refractivity contribution is 5.86. The summed E-state index contributed by atoms with van der Waals surface area (Å²) in [5.74, 6) is 1.91. The Balaban J connectivity index is 1.33. The van der Waals surface area contributed by atoms with Crippen LogP contribution in [0.4, 0.5) is 5.95 Å². The molecule has 7 nitrogen and oxygen atoms in total. The quantitative estimate of drug-likeness (QED) is 0.612. The number of anilines is 1. The van der Waals surface area contributed by atoms with Crippen LogP contribution < -0.4 is 4.90 Å². The molecule has 0 bridgehead atoms. The van der Waals surface area contributed by atoms with Gasteiger partial charge in [-0.1, -0.05) is 42.5 Å². The minimum Gasteiger partial charge on any atom is -0.373 e. The van der Waals surface area contributed by atoms with Gasteiger partial charge in [0.2, 0.25) is 5.95 Å². The molecule has 0 spiro atoms. The molecule has 2 aromatic carbocycles. The monoisotopic (exact) mass is 435 g/mol. The molecule has 170 valence electrons. The van der Waals surface area contributed by atoms with Crippen molar-refractivity contribution in [2.75, 3.05) is 50.8 Å². The van der Waals surface area contributed by atoms with Gasteiger partial charge < -0.3 is 14.4 Å². The normalized spacial score (nSPS) is 21.8. The molecule has 0 aliphatic carbocycles. The molecule has 7 heteroatoms. The summed E-state index contributed by atoms with van der Waals surface area (Å²) in [6, 6.07) is 15.0. The molecule has 2 aliphatic rings. The average Bonchev–Trinajstić information content (AvgIpc) is 3.17. The molecular weight excluding hydrogens is 402 g/mol. The van der Waals surface area contributed by atoms with Crippen molar-refractivity contribution >= 4 is 16.7 Å². The van der Waals surface area contributed by atoms with Crippen LogP contribution >= 0.6 is 0 Å². The third-order valence-electron chi connectivity index (χ3n) is 6.58. The summed E-state index contributed by atoms with van der Waals surface area (Å²) in [4.78, 5) is 4.81. The van der Waals surface area contributed by atoms with E-state index in [4.69, 9.17) is 9.47 Å². The van der Waals surface area contributed by atoms with Crippen LogP contribution in [-0.2, 0) is 16.0 Å². The van der Waals surface area contributed by atoms with Crippen LogP contribution in [0.5, 0.6) is 0 Å². The molecule has 1 aromatic heterocycles. The lowest BCUT2D eigenvalue weighted by Crippen LogP contribution is -2.49. The van der Waals surface area contributed by atoms with E-state index in [-0.39, 0.29) is 11.7 Å². The summed E-state index contributed by atoms with van der Waals surface area (Å²) >= 11 is 0. The Hall–Kier alpha value is -2.48. The molecule has 0 N–H and O–H groups in total. The molecule has 1 atom stereocenters. The molecule has 3 heterocycles. The number of hydrogen-bond acceptors (Lipinski definition) is 6. The summed E-state index contributed by atoms with van der Waals surface area (Å²) < 4.78 is 14.3. The second-order valence-corrected chi connectivity index (χ2v) is 9.46. The van der Waals surface area contributed by atoms with Crippen molar-refractivity contribution in [3.05, 3.63) is 53.9 Å². The minimum absolute atomic E-state index is 0.0142. The van der Waals surface area contributed by atoms with Crippen LogP contribution in [0.3, 0.4) is 0 Å². The molecule has 0 radical (unpaired) electrons. The number of aryl methyl sites for hydroxylation is 1. The average molecular weight is 436 g/mol. The Morgan fingerprint density at radius 3 is 2.72 bits per heavy atom. The molecule has 0 amide bonds. The highest BCUT2D eigenvalue weighted by Crippen LogP contribution is 2.30. The number of benzene rings is 2. The Labute approximate surface area is 189 Å². The summed E-state index contributed by atoms with van der Waals surface area (Å²) in [6.45, 7) is 13.2. The van der Waals surface area contributed by atoms with Crippen LogP contribution in [0.25, 0.3) is 10.8 Å². The van der Waals surface area contributed by atoms with Crippen LogP contribution in [0.2, 0.25) is 0 Å². The number of aromatic nitrogens is 3. The lowest BCUT2D eigenvalue weighted by molar-refractivity contribution is -0.0864. The van der Waals surface area contributed by atoms with E-state index >= 15 is 0 Å². The van der Waals surface area contributed by atoms with E-state index in [2.05, 4.69) is 80.9 Å². The van der Waals surface area contributed by atoms with Crippen LogP contribution in [0.1, 0.15) is 31.3 Å². The Morgan fingerprint density at radius 1 is 1.00 bits per heavy atom. The maximum atomic E-state index is 6.23. The van der Waals surface area contributed by atoms with Crippen molar-refractivity contribution < 1.29 is 9.47 Å². The van der Waals surface area contributed by atoms with Crippen molar-refractivity contribution in [3.63, 3.8) is 0 Å². The van der Waals surface area contributed by atoms with Gasteiger partial charge in [-0.15, -0.1) is 10.2 Å². The topological polar surface area (TPSA) is 55.7 Å². The number of ether oxygens (including phenoxy) is 2. The Kier molecular flexibility index (Phi) is 5.88. The highest BCUT2D eigenvalue weighted by Gasteiger charge is 2.29. The third-order valence-corrected chi connectivity index (χ3v) is 6.58. The second kappa shape index (κ2) is 8.81. The van der Waals surface area contributed by atoms with E-state index < -0.39 is 0 Å². The predicted octanol–water partition coefficient (Wildman–Crippen LogP) is 3.43. The number of rotatable bonds is 5. The van der Waals surface area contributed by atoms with Gasteiger partial charge in [0.15, 0.2) is 0 Å². The molecule has 3 aromatic rings. The van der Waals surface area contributed by atoms with Crippen LogP contribution in [-0.4, -0.2) is 71.2 Å². The minimum atomic E-state index is -0.0841. The number of fused-ring (bicyclic) bond motifs is 1. The summed E-state index contributed by atoms with van der Waals surface area (Å²) in [7, 11) is 0. The van der Waals surface area contributed by atoms with Crippen LogP contribution in [0.15, 0.2) is 42.5 Å². The fraction of sp³-hybridized carbons (Fsp3) is 0.520. The van der Waals surface area contributed by atoms with Gasteiger partial charge in [0, 0.05) is 32.7 Å². The van der Waals surface area contributed by atoms with Gasteiger partial charge in [-0.2, -0.15) is 0 Å². The fourth-order valence-corrected chi connectivity index (χ4v) is 4.96. The van der Waals surface area contributed by atoms with Crippen molar-refractivity contribution in [1.82, 2.24) is 19.7 Å². The van der Waals surface area contributed by atoms with E-state index in [0.717, 1.165) is 57.6 Å². The molecule has 2 saturated heterocycles. The highest BCUT2D eigenvalue weighted by atomic mass is 16.5. The molecule has 5 rings (SSSR count). The summed E-state index contributed by atoms with van der Waals surface area (Å²) in [5.41, 5.74) is 1.16. The zero-order valence-electron chi connectivity index (χ0n) is 19.3. The maximum Gasteiger partial charge on any atom is 0.227 e. The lowest BCUT2D eigenvalue weighted by atomic mass is 9.99. The van der Waals surface area contributed by atoms with E-state index in [0.29, 0.717) is 6.61 Å². The van der Waals surface area contributed by atoms with Crippen molar-refractivity contribution in [2.45, 2.75) is 39.0 Å².